The Morgan fingerprint density at radius 1 is 1.17 bits per heavy atom. The summed E-state index contributed by atoms with van der Waals surface area (Å²) in [7, 11) is -1.91. The molecule has 0 saturated heterocycles. The molecule has 0 radical (unpaired) electrons. The van der Waals surface area contributed by atoms with E-state index >= 15 is 0 Å². The lowest BCUT2D eigenvalue weighted by molar-refractivity contribution is 0.376. The summed E-state index contributed by atoms with van der Waals surface area (Å²) in [4.78, 5) is 8.65. The maximum atomic E-state index is 12.7. The lowest BCUT2D eigenvalue weighted by atomic mass is 10.2. The van der Waals surface area contributed by atoms with Gasteiger partial charge in [0.2, 0.25) is 21.7 Å². The van der Waals surface area contributed by atoms with Crippen LogP contribution in [0.4, 0.5) is 0 Å². The van der Waals surface area contributed by atoms with Gasteiger partial charge in [-0.2, -0.15) is 13.7 Å². The molecule has 3 aromatic heterocycles. The van der Waals surface area contributed by atoms with E-state index < -0.39 is 10.0 Å². The van der Waals surface area contributed by atoms with Crippen LogP contribution >= 0.6 is 11.7 Å². The van der Waals surface area contributed by atoms with Crippen LogP contribution in [0.15, 0.2) is 52.1 Å². The molecule has 2 aromatic carbocycles. The van der Waals surface area contributed by atoms with Crippen molar-refractivity contribution in [2.45, 2.75) is 11.4 Å². The summed E-state index contributed by atoms with van der Waals surface area (Å²) in [6.07, 6.45) is 1.73. The van der Waals surface area contributed by atoms with Crippen LogP contribution in [0.25, 0.3) is 33.5 Å². The fourth-order valence-corrected chi connectivity index (χ4v) is 4.69. The standard InChI is InChI=1S/C17H13N7O3S2/c1-24-9-18-12-7-10(5-6-13(12)24)17-20-15(27-21-17)8-19-29(25,26)14-4-2-3-11-16(14)23-28-22-11/h2-7,9,19H,8H2,1H3. The Hall–Kier alpha value is -3.22. The number of benzene rings is 2. The van der Waals surface area contributed by atoms with Crippen LogP contribution in [-0.2, 0) is 23.6 Å². The number of fused-ring (bicyclic) bond motifs is 2. The topological polar surface area (TPSA) is 129 Å². The lowest BCUT2D eigenvalue weighted by Gasteiger charge is -2.04. The maximum absolute atomic E-state index is 12.7. The first-order chi connectivity index (χ1) is 14.0. The van der Waals surface area contributed by atoms with Crippen LogP contribution in [-0.4, -0.2) is 36.9 Å². The fourth-order valence-electron chi connectivity index (χ4n) is 2.95. The van der Waals surface area contributed by atoms with Gasteiger partial charge in [0.1, 0.15) is 15.9 Å². The van der Waals surface area contributed by atoms with Crippen molar-refractivity contribution in [2.24, 2.45) is 7.05 Å². The number of aryl methyl sites for hydroxylation is 1. The third-order valence-electron chi connectivity index (χ3n) is 4.40. The molecule has 0 amide bonds. The molecule has 0 spiro atoms. The number of sulfonamides is 1. The van der Waals surface area contributed by atoms with E-state index in [0.717, 1.165) is 28.3 Å². The van der Waals surface area contributed by atoms with Crippen LogP contribution in [0.3, 0.4) is 0 Å². The summed E-state index contributed by atoms with van der Waals surface area (Å²) >= 11 is 0.961. The van der Waals surface area contributed by atoms with Gasteiger partial charge in [0.25, 0.3) is 0 Å². The first kappa shape index (κ1) is 17.8. The van der Waals surface area contributed by atoms with E-state index in [2.05, 4.69) is 28.6 Å². The predicted octanol–water partition coefficient (Wildman–Crippen LogP) is 2.11. The minimum Gasteiger partial charge on any atom is -0.338 e. The third kappa shape index (κ3) is 3.16. The summed E-state index contributed by atoms with van der Waals surface area (Å²) < 4.78 is 43.0. The highest BCUT2D eigenvalue weighted by Gasteiger charge is 2.20. The predicted molar refractivity (Wildman–Crippen MR) is 105 cm³/mol. The van der Waals surface area contributed by atoms with Crippen molar-refractivity contribution in [1.82, 2.24) is 33.2 Å². The number of hydrogen-bond donors (Lipinski definition) is 1. The number of rotatable bonds is 5. The molecule has 0 bridgehead atoms. The Morgan fingerprint density at radius 2 is 2.07 bits per heavy atom. The van der Waals surface area contributed by atoms with Gasteiger partial charge in [-0.05, 0) is 30.3 Å². The molecule has 0 aliphatic rings. The molecule has 0 atom stereocenters. The molecule has 5 aromatic rings. The van der Waals surface area contributed by atoms with E-state index in [9.17, 15) is 8.42 Å². The molecular weight excluding hydrogens is 414 g/mol. The molecule has 3 heterocycles. The van der Waals surface area contributed by atoms with Gasteiger partial charge in [0, 0.05) is 12.6 Å². The Morgan fingerprint density at radius 3 is 2.97 bits per heavy atom. The van der Waals surface area contributed by atoms with Gasteiger partial charge in [-0.15, -0.1) is 0 Å². The molecule has 146 valence electrons. The summed E-state index contributed by atoms with van der Waals surface area (Å²) in [5.74, 6) is 0.505. The quantitative estimate of drug-likeness (QED) is 0.451. The van der Waals surface area contributed by atoms with Crippen molar-refractivity contribution in [3.05, 3.63) is 48.6 Å². The van der Waals surface area contributed by atoms with Crippen molar-refractivity contribution in [2.75, 3.05) is 0 Å². The number of nitrogens with one attached hydrogen (secondary N) is 1. The van der Waals surface area contributed by atoms with Crippen LogP contribution < -0.4 is 4.72 Å². The molecule has 29 heavy (non-hydrogen) atoms. The van der Waals surface area contributed by atoms with E-state index in [1.807, 2.05) is 29.8 Å². The van der Waals surface area contributed by atoms with E-state index in [1.54, 1.807) is 18.5 Å². The van der Waals surface area contributed by atoms with Crippen LogP contribution in [0.5, 0.6) is 0 Å². The SMILES string of the molecule is Cn1cnc2cc(-c3noc(CNS(=O)(=O)c4cccc5nsnc45)n3)ccc21. The fraction of sp³-hybridized carbons (Fsp3) is 0.118. The highest BCUT2D eigenvalue weighted by atomic mass is 32.2. The molecule has 0 aliphatic heterocycles. The molecule has 0 unspecified atom stereocenters. The molecular formula is C17H13N7O3S2. The van der Waals surface area contributed by atoms with Crippen molar-refractivity contribution in [3.8, 4) is 11.4 Å². The van der Waals surface area contributed by atoms with Crippen LogP contribution in [0.1, 0.15) is 5.89 Å². The molecule has 12 heteroatoms. The second kappa shape index (κ2) is 6.69. The lowest BCUT2D eigenvalue weighted by Crippen LogP contribution is -2.23. The van der Waals surface area contributed by atoms with Gasteiger partial charge in [-0.3, -0.25) is 0 Å². The van der Waals surface area contributed by atoms with Crippen molar-refractivity contribution in [3.63, 3.8) is 0 Å². The normalized spacial score (nSPS) is 12.2. The van der Waals surface area contributed by atoms with Crippen molar-refractivity contribution < 1.29 is 12.9 Å². The van der Waals surface area contributed by atoms with Gasteiger partial charge >= 0.3 is 0 Å². The number of nitrogens with zero attached hydrogens (tertiary/aromatic N) is 6. The summed E-state index contributed by atoms with van der Waals surface area (Å²) in [5.41, 5.74) is 3.38. The van der Waals surface area contributed by atoms with Gasteiger partial charge in [-0.25, -0.2) is 18.1 Å². The summed E-state index contributed by atoms with van der Waals surface area (Å²) in [6.45, 7) is -0.144. The highest BCUT2D eigenvalue weighted by Crippen LogP contribution is 2.23. The summed E-state index contributed by atoms with van der Waals surface area (Å²) in [5, 5.41) is 3.94. The Balaban J connectivity index is 1.37. The second-order valence-corrected chi connectivity index (χ2v) is 8.55. The smallest absolute Gasteiger partial charge is 0.243 e. The van der Waals surface area contributed by atoms with Crippen molar-refractivity contribution >= 4 is 43.8 Å². The number of imidazole rings is 1. The van der Waals surface area contributed by atoms with E-state index in [1.165, 1.54) is 6.07 Å². The number of hydrogen-bond acceptors (Lipinski definition) is 9. The zero-order valence-corrected chi connectivity index (χ0v) is 16.6. The number of aromatic nitrogens is 6. The van der Waals surface area contributed by atoms with Crippen LogP contribution in [0, 0.1) is 0 Å². The second-order valence-electron chi connectivity index (χ2n) is 6.28. The molecule has 5 rings (SSSR count). The van der Waals surface area contributed by atoms with E-state index in [-0.39, 0.29) is 17.3 Å². The maximum Gasteiger partial charge on any atom is 0.243 e. The first-order valence-corrected chi connectivity index (χ1v) is 10.7. The Kier molecular flexibility index (Phi) is 4.12. The third-order valence-corrected chi connectivity index (χ3v) is 6.38. The minimum atomic E-state index is -3.82. The first-order valence-electron chi connectivity index (χ1n) is 8.46. The average molecular weight is 427 g/mol. The highest BCUT2D eigenvalue weighted by molar-refractivity contribution is 7.89. The van der Waals surface area contributed by atoms with Crippen molar-refractivity contribution in [1.29, 1.82) is 0 Å². The minimum absolute atomic E-state index is 0.0593. The van der Waals surface area contributed by atoms with Gasteiger partial charge in [0.15, 0.2) is 0 Å². The van der Waals surface area contributed by atoms with E-state index in [0.29, 0.717) is 16.9 Å². The monoisotopic (exact) mass is 427 g/mol. The molecule has 0 saturated carbocycles. The Bertz CT molecular complexity index is 1450. The van der Waals surface area contributed by atoms with Gasteiger partial charge < -0.3 is 9.09 Å². The van der Waals surface area contributed by atoms with Gasteiger partial charge in [0.05, 0.1) is 35.6 Å². The molecule has 0 aliphatic carbocycles. The zero-order valence-electron chi connectivity index (χ0n) is 15.0. The summed E-state index contributed by atoms with van der Waals surface area (Å²) in [6, 6.07) is 10.4. The zero-order chi connectivity index (χ0) is 20.0. The molecule has 10 nitrogen and oxygen atoms in total. The van der Waals surface area contributed by atoms with E-state index in [4.69, 9.17) is 4.52 Å². The molecule has 0 fully saturated rings. The molecule has 1 N–H and O–H groups in total. The largest absolute Gasteiger partial charge is 0.338 e. The van der Waals surface area contributed by atoms with Crippen LogP contribution in [0.2, 0.25) is 0 Å². The Labute approximate surface area is 168 Å². The average Bonchev–Trinajstić information content (AvgIpc) is 3.46. The van der Waals surface area contributed by atoms with Gasteiger partial charge in [-0.1, -0.05) is 11.2 Å².